The molecule has 0 bridgehead atoms. The maximum absolute atomic E-state index is 13.0. The van der Waals surface area contributed by atoms with Gasteiger partial charge in [0.05, 0.1) is 0 Å². The van der Waals surface area contributed by atoms with Crippen molar-refractivity contribution in [3.8, 4) is 5.75 Å². The molecule has 1 N–H and O–H groups in total. The van der Waals surface area contributed by atoms with Crippen molar-refractivity contribution in [2.24, 2.45) is 5.41 Å². The highest BCUT2D eigenvalue weighted by atomic mass is 19.1. The average molecular weight is 235 g/mol. The van der Waals surface area contributed by atoms with Gasteiger partial charge in [-0.3, -0.25) is 0 Å². The van der Waals surface area contributed by atoms with Gasteiger partial charge >= 0.3 is 0 Å². The van der Waals surface area contributed by atoms with E-state index in [9.17, 15) is 4.39 Å². The van der Waals surface area contributed by atoms with E-state index in [2.05, 4.69) is 12.2 Å². The summed E-state index contributed by atoms with van der Waals surface area (Å²) in [5, 5.41) is 3.46. The Morgan fingerprint density at radius 1 is 1.47 bits per heavy atom. The number of hydrogen-bond donors (Lipinski definition) is 1. The molecule has 1 unspecified atom stereocenters. The second kappa shape index (κ2) is 3.98. The van der Waals surface area contributed by atoms with Gasteiger partial charge in [-0.2, -0.15) is 0 Å². The molecule has 2 aliphatic rings. The van der Waals surface area contributed by atoms with Crippen LogP contribution in [0.2, 0.25) is 0 Å². The van der Waals surface area contributed by atoms with Crippen LogP contribution in [-0.2, 0) is 6.42 Å². The van der Waals surface area contributed by atoms with Crippen LogP contribution in [-0.4, -0.2) is 19.2 Å². The van der Waals surface area contributed by atoms with Crippen molar-refractivity contribution in [2.45, 2.75) is 32.3 Å². The molecule has 0 radical (unpaired) electrons. The monoisotopic (exact) mass is 235 g/mol. The number of ether oxygens (including phenoxy) is 1. The SMILES string of the molecule is CC1(CNCC2Cc3cc(F)ccc3O2)CC1. The third-order valence-electron chi connectivity index (χ3n) is 3.79. The maximum atomic E-state index is 13.0. The third-order valence-corrected chi connectivity index (χ3v) is 3.79. The van der Waals surface area contributed by atoms with Crippen molar-refractivity contribution in [2.75, 3.05) is 13.1 Å². The van der Waals surface area contributed by atoms with E-state index in [0.29, 0.717) is 5.41 Å². The molecule has 3 rings (SSSR count). The van der Waals surface area contributed by atoms with Gasteiger partial charge < -0.3 is 10.1 Å². The largest absolute Gasteiger partial charge is 0.488 e. The van der Waals surface area contributed by atoms with Gasteiger partial charge in [0.2, 0.25) is 0 Å². The zero-order chi connectivity index (χ0) is 11.9. The Morgan fingerprint density at radius 3 is 3.06 bits per heavy atom. The topological polar surface area (TPSA) is 21.3 Å². The van der Waals surface area contributed by atoms with Gasteiger partial charge in [-0.15, -0.1) is 0 Å². The predicted octanol–water partition coefficient (Wildman–Crippen LogP) is 2.52. The Morgan fingerprint density at radius 2 is 2.29 bits per heavy atom. The summed E-state index contributed by atoms with van der Waals surface area (Å²) in [7, 11) is 0. The molecule has 1 aliphatic heterocycles. The number of nitrogens with one attached hydrogen (secondary N) is 1. The Kier molecular flexibility index (Phi) is 2.58. The van der Waals surface area contributed by atoms with E-state index >= 15 is 0 Å². The maximum Gasteiger partial charge on any atom is 0.123 e. The van der Waals surface area contributed by atoms with Gasteiger partial charge in [0, 0.05) is 25.1 Å². The Bertz CT molecular complexity index is 428. The molecule has 1 atom stereocenters. The van der Waals surface area contributed by atoms with E-state index in [1.165, 1.54) is 18.9 Å². The first-order valence-corrected chi connectivity index (χ1v) is 6.30. The number of hydrogen-bond acceptors (Lipinski definition) is 2. The lowest BCUT2D eigenvalue weighted by Crippen LogP contribution is -2.33. The Balaban J connectivity index is 1.51. The quantitative estimate of drug-likeness (QED) is 0.866. The van der Waals surface area contributed by atoms with E-state index in [-0.39, 0.29) is 11.9 Å². The van der Waals surface area contributed by atoms with E-state index in [1.54, 1.807) is 12.1 Å². The first kappa shape index (κ1) is 11.0. The van der Waals surface area contributed by atoms with Gasteiger partial charge in [0.1, 0.15) is 17.7 Å². The van der Waals surface area contributed by atoms with Crippen molar-refractivity contribution >= 4 is 0 Å². The fraction of sp³-hybridized carbons (Fsp3) is 0.571. The predicted molar refractivity (Wildman–Crippen MR) is 64.7 cm³/mol. The molecule has 1 aromatic carbocycles. The molecule has 0 amide bonds. The Hall–Kier alpha value is -1.09. The standard InChI is InChI=1S/C14H18FNO/c1-14(4-5-14)9-16-8-12-7-10-6-11(15)2-3-13(10)17-12/h2-3,6,12,16H,4-5,7-9H2,1H3. The number of benzene rings is 1. The average Bonchev–Trinajstić information content (AvgIpc) is 2.88. The van der Waals surface area contributed by atoms with Gasteiger partial charge in [0.15, 0.2) is 0 Å². The smallest absolute Gasteiger partial charge is 0.123 e. The summed E-state index contributed by atoms with van der Waals surface area (Å²) in [6.45, 7) is 4.23. The summed E-state index contributed by atoms with van der Waals surface area (Å²) in [6.07, 6.45) is 3.64. The minimum absolute atomic E-state index is 0.161. The number of fused-ring (bicyclic) bond motifs is 1. The van der Waals surface area contributed by atoms with E-state index in [0.717, 1.165) is 30.8 Å². The van der Waals surface area contributed by atoms with Crippen molar-refractivity contribution in [1.29, 1.82) is 0 Å². The molecule has 92 valence electrons. The minimum atomic E-state index is -0.175. The first-order chi connectivity index (χ1) is 8.15. The van der Waals surface area contributed by atoms with Crippen LogP contribution in [0.25, 0.3) is 0 Å². The van der Waals surface area contributed by atoms with Crippen LogP contribution in [0.3, 0.4) is 0 Å². The molecule has 3 heteroatoms. The Labute approximate surface area is 101 Å². The van der Waals surface area contributed by atoms with Gasteiger partial charge in [0.25, 0.3) is 0 Å². The van der Waals surface area contributed by atoms with Crippen LogP contribution in [0.4, 0.5) is 4.39 Å². The minimum Gasteiger partial charge on any atom is -0.488 e. The van der Waals surface area contributed by atoms with Crippen LogP contribution >= 0.6 is 0 Å². The molecule has 0 spiro atoms. The van der Waals surface area contributed by atoms with E-state index in [1.807, 2.05) is 0 Å². The first-order valence-electron chi connectivity index (χ1n) is 6.30. The molecular weight excluding hydrogens is 217 g/mol. The van der Waals surface area contributed by atoms with Crippen molar-refractivity contribution in [1.82, 2.24) is 5.32 Å². The molecule has 2 nitrogen and oxygen atoms in total. The fourth-order valence-electron chi connectivity index (χ4n) is 2.33. The second-order valence-electron chi connectivity index (χ2n) is 5.64. The molecule has 0 aromatic heterocycles. The van der Waals surface area contributed by atoms with Crippen LogP contribution in [0.15, 0.2) is 18.2 Å². The molecule has 17 heavy (non-hydrogen) atoms. The van der Waals surface area contributed by atoms with Crippen LogP contribution in [0, 0.1) is 11.2 Å². The molecule has 0 saturated heterocycles. The summed E-state index contributed by atoms with van der Waals surface area (Å²) < 4.78 is 18.8. The van der Waals surface area contributed by atoms with E-state index in [4.69, 9.17) is 4.74 Å². The molecule has 1 heterocycles. The zero-order valence-electron chi connectivity index (χ0n) is 10.1. The summed E-state index contributed by atoms with van der Waals surface area (Å²) in [5.41, 5.74) is 1.52. The second-order valence-corrected chi connectivity index (χ2v) is 5.64. The van der Waals surface area contributed by atoms with Crippen LogP contribution in [0.1, 0.15) is 25.3 Å². The zero-order valence-corrected chi connectivity index (χ0v) is 10.1. The number of rotatable bonds is 4. The normalized spacial score (nSPS) is 24.2. The summed E-state index contributed by atoms with van der Waals surface area (Å²) >= 11 is 0. The lowest BCUT2D eigenvalue weighted by atomic mass is 10.1. The molecule has 1 saturated carbocycles. The fourth-order valence-corrected chi connectivity index (χ4v) is 2.33. The molecular formula is C14H18FNO. The van der Waals surface area contributed by atoms with E-state index < -0.39 is 0 Å². The summed E-state index contributed by atoms with van der Waals surface area (Å²) in [4.78, 5) is 0. The van der Waals surface area contributed by atoms with Gasteiger partial charge in [-0.25, -0.2) is 4.39 Å². The van der Waals surface area contributed by atoms with Gasteiger partial charge in [-0.1, -0.05) is 6.92 Å². The summed E-state index contributed by atoms with van der Waals surface area (Å²) in [6, 6.07) is 4.77. The van der Waals surface area contributed by atoms with Gasteiger partial charge in [-0.05, 0) is 36.5 Å². The lowest BCUT2D eigenvalue weighted by molar-refractivity contribution is 0.224. The molecule has 1 aliphatic carbocycles. The van der Waals surface area contributed by atoms with Crippen molar-refractivity contribution in [3.63, 3.8) is 0 Å². The van der Waals surface area contributed by atoms with Crippen LogP contribution in [0.5, 0.6) is 5.75 Å². The molecule has 1 aromatic rings. The number of halogens is 1. The van der Waals surface area contributed by atoms with Crippen molar-refractivity contribution < 1.29 is 9.13 Å². The highest BCUT2D eigenvalue weighted by molar-refractivity contribution is 5.37. The van der Waals surface area contributed by atoms with Crippen molar-refractivity contribution in [3.05, 3.63) is 29.6 Å². The highest BCUT2D eigenvalue weighted by Gasteiger charge is 2.36. The molecule has 1 fully saturated rings. The highest BCUT2D eigenvalue weighted by Crippen LogP contribution is 2.44. The van der Waals surface area contributed by atoms with Crippen LogP contribution < -0.4 is 10.1 Å². The third kappa shape index (κ3) is 2.44. The lowest BCUT2D eigenvalue weighted by Gasteiger charge is -2.14. The summed E-state index contributed by atoms with van der Waals surface area (Å²) in [5.74, 6) is 0.669.